The summed E-state index contributed by atoms with van der Waals surface area (Å²) in [6.07, 6.45) is -0.644. The number of Topliss-reactive ketones (excluding diaryl/α,β-unsaturated/α-hetero) is 1. The third-order valence-corrected chi connectivity index (χ3v) is 2.84. The lowest BCUT2D eigenvalue weighted by Gasteiger charge is -2.15. The molecule has 1 aliphatic rings. The van der Waals surface area contributed by atoms with Gasteiger partial charge in [0, 0.05) is 18.4 Å². The summed E-state index contributed by atoms with van der Waals surface area (Å²) in [5.41, 5.74) is 0.566. The predicted molar refractivity (Wildman–Crippen MR) is 60.5 cm³/mol. The number of aliphatic hydroxyl groups is 1. The van der Waals surface area contributed by atoms with Crippen LogP contribution in [0.25, 0.3) is 0 Å². The average molecular weight is 234 g/mol. The van der Waals surface area contributed by atoms with Crippen molar-refractivity contribution in [3.63, 3.8) is 0 Å². The number of ether oxygens (including phenoxy) is 1. The molecule has 2 rings (SSSR count). The molecular weight excluding hydrogens is 220 g/mol. The van der Waals surface area contributed by atoms with Gasteiger partial charge in [-0.1, -0.05) is 30.3 Å². The van der Waals surface area contributed by atoms with Crippen LogP contribution in [0.4, 0.5) is 0 Å². The second kappa shape index (κ2) is 5.10. The summed E-state index contributed by atoms with van der Waals surface area (Å²) in [7, 11) is 0. The highest BCUT2D eigenvalue weighted by Crippen LogP contribution is 2.20. The first-order valence-electron chi connectivity index (χ1n) is 5.62. The van der Waals surface area contributed by atoms with E-state index in [0.717, 1.165) is 0 Å². The van der Waals surface area contributed by atoms with Crippen LogP contribution in [0.15, 0.2) is 30.3 Å². The zero-order valence-electron chi connectivity index (χ0n) is 9.33. The topological polar surface area (TPSA) is 63.6 Å². The maximum absolute atomic E-state index is 11.8. The minimum Gasteiger partial charge on any atom is -0.460 e. The summed E-state index contributed by atoms with van der Waals surface area (Å²) in [6.45, 7) is 0. The monoisotopic (exact) mass is 234 g/mol. The van der Waals surface area contributed by atoms with Gasteiger partial charge in [0.2, 0.25) is 0 Å². The van der Waals surface area contributed by atoms with Crippen molar-refractivity contribution in [2.45, 2.75) is 31.5 Å². The molecule has 1 fully saturated rings. The SMILES string of the molecule is O=C1CC[C@H]([C@H](O)CC(=O)c2ccccc2)O1. The summed E-state index contributed by atoms with van der Waals surface area (Å²) >= 11 is 0. The fourth-order valence-electron chi connectivity index (χ4n) is 1.88. The first-order valence-corrected chi connectivity index (χ1v) is 5.62. The third kappa shape index (κ3) is 2.91. The van der Waals surface area contributed by atoms with E-state index in [9.17, 15) is 14.7 Å². The molecule has 4 heteroatoms. The summed E-state index contributed by atoms with van der Waals surface area (Å²) in [6, 6.07) is 8.78. The zero-order valence-corrected chi connectivity index (χ0v) is 9.33. The first-order chi connectivity index (χ1) is 8.16. The average Bonchev–Trinajstić information content (AvgIpc) is 2.77. The smallest absolute Gasteiger partial charge is 0.306 e. The van der Waals surface area contributed by atoms with Gasteiger partial charge in [0.1, 0.15) is 6.10 Å². The van der Waals surface area contributed by atoms with E-state index in [1.165, 1.54) is 0 Å². The van der Waals surface area contributed by atoms with Gasteiger partial charge in [-0.05, 0) is 6.42 Å². The van der Waals surface area contributed by atoms with E-state index < -0.39 is 12.2 Å². The normalized spacial score (nSPS) is 21.0. The molecule has 1 heterocycles. The van der Waals surface area contributed by atoms with E-state index in [1.54, 1.807) is 24.3 Å². The Labute approximate surface area is 99.2 Å². The lowest BCUT2D eigenvalue weighted by atomic mass is 10.0. The first kappa shape index (κ1) is 11.8. The second-order valence-electron chi connectivity index (χ2n) is 4.13. The molecule has 0 unspecified atom stereocenters. The molecule has 17 heavy (non-hydrogen) atoms. The van der Waals surface area contributed by atoms with Crippen LogP contribution in [-0.4, -0.2) is 29.1 Å². The van der Waals surface area contributed by atoms with Crippen molar-refractivity contribution in [2.24, 2.45) is 0 Å². The molecule has 2 atom stereocenters. The number of carbonyl (C=O) groups is 2. The fraction of sp³-hybridized carbons (Fsp3) is 0.385. The fourth-order valence-corrected chi connectivity index (χ4v) is 1.88. The largest absolute Gasteiger partial charge is 0.460 e. The Morgan fingerprint density at radius 1 is 1.41 bits per heavy atom. The Kier molecular flexibility index (Phi) is 3.54. The van der Waals surface area contributed by atoms with Crippen LogP contribution in [0.5, 0.6) is 0 Å². The van der Waals surface area contributed by atoms with Gasteiger partial charge in [-0.2, -0.15) is 0 Å². The molecule has 1 saturated heterocycles. The Balaban J connectivity index is 1.93. The number of esters is 1. The van der Waals surface area contributed by atoms with Crippen LogP contribution < -0.4 is 0 Å². The van der Waals surface area contributed by atoms with E-state index in [1.807, 2.05) is 6.07 Å². The van der Waals surface area contributed by atoms with E-state index in [-0.39, 0.29) is 18.2 Å². The van der Waals surface area contributed by atoms with Gasteiger partial charge in [0.25, 0.3) is 0 Å². The van der Waals surface area contributed by atoms with E-state index >= 15 is 0 Å². The summed E-state index contributed by atoms with van der Waals surface area (Å²) in [5, 5.41) is 9.80. The van der Waals surface area contributed by atoms with Crippen molar-refractivity contribution >= 4 is 11.8 Å². The van der Waals surface area contributed by atoms with Crippen molar-refractivity contribution in [2.75, 3.05) is 0 Å². The standard InChI is InChI=1S/C13H14O4/c14-10(9-4-2-1-3-5-9)8-11(15)12-6-7-13(16)17-12/h1-5,11-12,15H,6-8H2/t11-,12-/m1/s1. The Morgan fingerprint density at radius 3 is 2.71 bits per heavy atom. The molecule has 0 aliphatic carbocycles. The molecule has 90 valence electrons. The molecule has 1 aromatic carbocycles. The Hall–Kier alpha value is -1.68. The van der Waals surface area contributed by atoms with E-state index in [2.05, 4.69) is 0 Å². The molecule has 4 nitrogen and oxygen atoms in total. The lowest BCUT2D eigenvalue weighted by Crippen LogP contribution is -2.28. The molecule has 1 aliphatic heterocycles. The number of benzene rings is 1. The number of hydrogen-bond acceptors (Lipinski definition) is 4. The van der Waals surface area contributed by atoms with Crippen LogP contribution in [0.2, 0.25) is 0 Å². The summed E-state index contributed by atoms with van der Waals surface area (Å²) in [5.74, 6) is -0.442. The number of aliphatic hydroxyl groups excluding tert-OH is 1. The van der Waals surface area contributed by atoms with Gasteiger partial charge in [0.05, 0.1) is 6.10 Å². The van der Waals surface area contributed by atoms with Crippen molar-refractivity contribution in [1.29, 1.82) is 0 Å². The molecule has 0 radical (unpaired) electrons. The highest BCUT2D eigenvalue weighted by atomic mass is 16.6. The van der Waals surface area contributed by atoms with Gasteiger partial charge >= 0.3 is 5.97 Å². The highest BCUT2D eigenvalue weighted by molar-refractivity contribution is 5.96. The number of carbonyl (C=O) groups excluding carboxylic acids is 2. The minimum absolute atomic E-state index is 0.0119. The minimum atomic E-state index is -0.908. The molecule has 0 aromatic heterocycles. The number of ketones is 1. The quantitative estimate of drug-likeness (QED) is 0.630. The van der Waals surface area contributed by atoms with Crippen LogP contribution in [0.3, 0.4) is 0 Å². The third-order valence-electron chi connectivity index (χ3n) is 2.84. The number of hydrogen-bond donors (Lipinski definition) is 1. The second-order valence-corrected chi connectivity index (χ2v) is 4.13. The van der Waals surface area contributed by atoms with Crippen LogP contribution in [-0.2, 0) is 9.53 Å². The number of cyclic esters (lactones) is 1. The highest BCUT2D eigenvalue weighted by Gasteiger charge is 2.31. The van der Waals surface area contributed by atoms with Gasteiger partial charge < -0.3 is 9.84 Å². The van der Waals surface area contributed by atoms with Crippen LogP contribution in [0, 0.1) is 0 Å². The molecule has 1 aromatic rings. The molecule has 0 spiro atoms. The van der Waals surface area contributed by atoms with Gasteiger partial charge in [-0.3, -0.25) is 9.59 Å². The van der Waals surface area contributed by atoms with E-state index in [0.29, 0.717) is 18.4 Å². The van der Waals surface area contributed by atoms with Crippen molar-refractivity contribution < 1.29 is 19.4 Å². The van der Waals surface area contributed by atoms with Crippen LogP contribution >= 0.6 is 0 Å². The maximum Gasteiger partial charge on any atom is 0.306 e. The van der Waals surface area contributed by atoms with Crippen molar-refractivity contribution in [3.8, 4) is 0 Å². The number of rotatable bonds is 4. The summed E-state index contributed by atoms with van der Waals surface area (Å²) in [4.78, 5) is 22.7. The molecule has 0 bridgehead atoms. The predicted octanol–water partition coefficient (Wildman–Crippen LogP) is 1.33. The molecule has 0 amide bonds. The maximum atomic E-state index is 11.8. The molecule has 0 saturated carbocycles. The molecule has 1 N–H and O–H groups in total. The van der Waals surface area contributed by atoms with Gasteiger partial charge in [-0.25, -0.2) is 0 Å². The van der Waals surface area contributed by atoms with Crippen molar-refractivity contribution in [1.82, 2.24) is 0 Å². The Morgan fingerprint density at radius 2 is 2.12 bits per heavy atom. The summed E-state index contributed by atoms with van der Waals surface area (Å²) < 4.78 is 4.92. The zero-order chi connectivity index (χ0) is 12.3. The van der Waals surface area contributed by atoms with E-state index in [4.69, 9.17) is 4.74 Å². The van der Waals surface area contributed by atoms with Crippen molar-refractivity contribution in [3.05, 3.63) is 35.9 Å². The van der Waals surface area contributed by atoms with Gasteiger partial charge in [-0.15, -0.1) is 0 Å². The molecular formula is C13H14O4. The lowest BCUT2D eigenvalue weighted by molar-refractivity contribution is -0.145. The Bertz CT molecular complexity index is 413. The van der Waals surface area contributed by atoms with Gasteiger partial charge in [0.15, 0.2) is 5.78 Å². The van der Waals surface area contributed by atoms with Crippen LogP contribution in [0.1, 0.15) is 29.6 Å².